The predicted molar refractivity (Wildman–Crippen MR) is 44.3 cm³/mol. The SMILES string of the molecule is Cc1cnc(CO)c(C(F)F)c1N. The number of halogens is 2. The summed E-state index contributed by atoms with van der Waals surface area (Å²) in [6, 6.07) is 0. The molecule has 0 spiro atoms. The number of rotatable bonds is 2. The second-order valence-electron chi connectivity index (χ2n) is 2.67. The van der Waals surface area contributed by atoms with Crippen molar-refractivity contribution in [2.45, 2.75) is 20.0 Å². The number of alkyl halides is 2. The molecule has 0 amide bonds. The maximum Gasteiger partial charge on any atom is 0.267 e. The second kappa shape index (κ2) is 3.66. The van der Waals surface area contributed by atoms with Crippen molar-refractivity contribution in [3.8, 4) is 0 Å². The second-order valence-corrected chi connectivity index (χ2v) is 2.67. The van der Waals surface area contributed by atoms with Crippen molar-refractivity contribution < 1.29 is 13.9 Å². The van der Waals surface area contributed by atoms with E-state index < -0.39 is 13.0 Å². The van der Waals surface area contributed by atoms with Crippen LogP contribution in [0.1, 0.15) is 23.2 Å². The average molecular weight is 188 g/mol. The molecule has 0 atom stereocenters. The lowest BCUT2D eigenvalue weighted by Gasteiger charge is -2.10. The fraction of sp³-hybridized carbons (Fsp3) is 0.375. The highest BCUT2D eigenvalue weighted by molar-refractivity contribution is 5.54. The number of nitrogen functional groups attached to an aromatic ring is 1. The van der Waals surface area contributed by atoms with Crippen LogP contribution in [0, 0.1) is 6.92 Å². The van der Waals surface area contributed by atoms with E-state index in [9.17, 15) is 8.78 Å². The lowest BCUT2D eigenvalue weighted by Crippen LogP contribution is -2.05. The Balaban J connectivity index is 3.32. The zero-order chi connectivity index (χ0) is 10.0. The first-order chi connectivity index (χ1) is 6.07. The van der Waals surface area contributed by atoms with E-state index in [0.29, 0.717) is 5.56 Å². The molecule has 0 unspecified atom stereocenters. The van der Waals surface area contributed by atoms with E-state index in [1.807, 2.05) is 0 Å². The number of pyridine rings is 1. The Labute approximate surface area is 74.2 Å². The van der Waals surface area contributed by atoms with Gasteiger partial charge in [-0.05, 0) is 12.5 Å². The molecule has 72 valence electrons. The molecule has 0 aliphatic heterocycles. The van der Waals surface area contributed by atoms with Crippen molar-refractivity contribution in [2.75, 3.05) is 5.73 Å². The Bertz CT molecular complexity index is 315. The van der Waals surface area contributed by atoms with Gasteiger partial charge in [0.2, 0.25) is 0 Å². The third-order valence-corrected chi connectivity index (χ3v) is 1.81. The number of hydrogen-bond donors (Lipinski definition) is 2. The molecule has 0 saturated carbocycles. The molecule has 3 N–H and O–H groups in total. The van der Waals surface area contributed by atoms with Crippen LogP contribution >= 0.6 is 0 Å². The van der Waals surface area contributed by atoms with Crippen LogP contribution in [0.3, 0.4) is 0 Å². The third kappa shape index (κ3) is 1.75. The highest BCUT2D eigenvalue weighted by atomic mass is 19.3. The van der Waals surface area contributed by atoms with Crippen molar-refractivity contribution in [3.05, 3.63) is 23.0 Å². The normalized spacial score (nSPS) is 10.8. The summed E-state index contributed by atoms with van der Waals surface area (Å²) in [5, 5.41) is 8.73. The van der Waals surface area contributed by atoms with Gasteiger partial charge in [-0.2, -0.15) is 0 Å². The number of anilines is 1. The van der Waals surface area contributed by atoms with E-state index >= 15 is 0 Å². The Morgan fingerprint density at radius 3 is 2.69 bits per heavy atom. The van der Waals surface area contributed by atoms with E-state index in [1.165, 1.54) is 6.20 Å². The monoisotopic (exact) mass is 188 g/mol. The van der Waals surface area contributed by atoms with Gasteiger partial charge in [-0.25, -0.2) is 8.78 Å². The van der Waals surface area contributed by atoms with E-state index in [-0.39, 0.29) is 16.9 Å². The smallest absolute Gasteiger partial charge is 0.267 e. The Morgan fingerprint density at radius 2 is 2.23 bits per heavy atom. The molecule has 3 nitrogen and oxygen atoms in total. The fourth-order valence-corrected chi connectivity index (χ4v) is 1.05. The molecule has 1 rings (SSSR count). The molecule has 0 bridgehead atoms. The van der Waals surface area contributed by atoms with Crippen LogP contribution in [0.4, 0.5) is 14.5 Å². The van der Waals surface area contributed by atoms with E-state index in [0.717, 1.165) is 0 Å². The molecule has 1 aromatic rings. The van der Waals surface area contributed by atoms with Crippen molar-refractivity contribution >= 4 is 5.69 Å². The summed E-state index contributed by atoms with van der Waals surface area (Å²) in [7, 11) is 0. The highest BCUT2D eigenvalue weighted by Crippen LogP contribution is 2.29. The third-order valence-electron chi connectivity index (χ3n) is 1.81. The summed E-state index contributed by atoms with van der Waals surface area (Å²) in [5.41, 5.74) is 5.51. The molecular formula is C8H10F2N2O. The van der Waals surface area contributed by atoms with Crippen LogP contribution in [0.5, 0.6) is 0 Å². The summed E-state index contributed by atoms with van der Waals surface area (Å²) >= 11 is 0. The van der Waals surface area contributed by atoms with Crippen molar-refractivity contribution in [1.82, 2.24) is 4.98 Å². The van der Waals surface area contributed by atoms with Gasteiger partial charge in [-0.3, -0.25) is 4.98 Å². The summed E-state index contributed by atoms with van der Waals surface area (Å²) < 4.78 is 24.8. The van der Waals surface area contributed by atoms with Gasteiger partial charge in [0, 0.05) is 11.9 Å². The maximum atomic E-state index is 12.4. The predicted octanol–water partition coefficient (Wildman–Crippen LogP) is 1.40. The number of aromatic nitrogens is 1. The molecule has 1 heterocycles. The van der Waals surface area contributed by atoms with Gasteiger partial charge in [0.25, 0.3) is 6.43 Å². The Kier molecular flexibility index (Phi) is 2.77. The highest BCUT2D eigenvalue weighted by Gasteiger charge is 2.18. The molecule has 0 aromatic carbocycles. The van der Waals surface area contributed by atoms with E-state index in [4.69, 9.17) is 10.8 Å². The van der Waals surface area contributed by atoms with Crippen LogP contribution in [0.2, 0.25) is 0 Å². The Hall–Kier alpha value is -1.23. The van der Waals surface area contributed by atoms with Crippen LogP contribution in [-0.2, 0) is 6.61 Å². The van der Waals surface area contributed by atoms with Crippen LogP contribution in [0.25, 0.3) is 0 Å². The summed E-state index contributed by atoms with van der Waals surface area (Å²) in [4.78, 5) is 3.67. The first kappa shape index (κ1) is 9.85. The van der Waals surface area contributed by atoms with Gasteiger partial charge in [-0.1, -0.05) is 0 Å². The minimum absolute atomic E-state index is 0.00838. The van der Waals surface area contributed by atoms with Gasteiger partial charge in [0.1, 0.15) is 0 Å². The molecular weight excluding hydrogens is 178 g/mol. The van der Waals surface area contributed by atoms with Gasteiger partial charge < -0.3 is 10.8 Å². The zero-order valence-electron chi connectivity index (χ0n) is 7.09. The van der Waals surface area contributed by atoms with Crippen molar-refractivity contribution in [2.24, 2.45) is 0 Å². The molecule has 13 heavy (non-hydrogen) atoms. The van der Waals surface area contributed by atoms with Crippen molar-refractivity contribution in [3.63, 3.8) is 0 Å². The maximum absolute atomic E-state index is 12.4. The summed E-state index contributed by atoms with van der Waals surface area (Å²) in [6.45, 7) is 1.07. The molecule has 0 fully saturated rings. The first-order valence-corrected chi connectivity index (χ1v) is 3.70. The largest absolute Gasteiger partial charge is 0.398 e. The number of aliphatic hydroxyl groups is 1. The first-order valence-electron chi connectivity index (χ1n) is 3.70. The van der Waals surface area contributed by atoms with Crippen LogP contribution in [-0.4, -0.2) is 10.1 Å². The fourth-order valence-electron chi connectivity index (χ4n) is 1.05. The van der Waals surface area contributed by atoms with E-state index in [1.54, 1.807) is 6.92 Å². The van der Waals surface area contributed by atoms with Gasteiger partial charge in [0.05, 0.1) is 17.9 Å². The summed E-state index contributed by atoms with van der Waals surface area (Å²) in [6.07, 6.45) is -1.33. The van der Waals surface area contributed by atoms with Crippen LogP contribution < -0.4 is 5.73 Å². The standard InChI is InChI=1S/C8H10F2N2O/c1-4-2-12-5(3-13)6(7(4)11)8(9)10/h2,8,13H,3H2,1H3,(H2,11,12). The molecule has 0 aliphatic rings. The topological polar surface area (TPSA) is 59.1 Å². The number of aliphatic hydroxyl groups excluding tert-OH is 1. The van der Waals surface area contributed by atoms with Gasteiger partial charge in [0.15, 0.2) is 0 Å². The van der Waals surface area contributed by atoms with E-state index in [2.05, 4.69) is 4.98 Å². The minimum Gasteiger partial charge on any atom is -0.398 e. The van der Waals surface area contributed by atoms with Crippen molar-refractivity contribution in [1.29, 1.82) is 0 Å². The lowest BCUT2D eigenvalue weighted by molar-refractivity contribution is 0.147. The van der Waals surface area contributed by atoms with Crippen LogP contribution in [0.15, 0.2) is 6.20 Å². The zero-order valence-corrected chi connectivity index (χ0v) is 7.09. The molecule has 0 aliphatic carbocycles. The summed E-state index contributed by atoms with van der Waals surface area (Å²) in [5.74, 6) is 0. The quantitative estimate of drug-likeness (QED) is 0.737. The average Bonchev–Trinajstić information content (AvgIpc) is 2.08. The Morgan fingerprint density at radius 1 is 1.62 bits per heavy atom. The molecule has 5 heteroatoms. The minimum atomic E-state index is -2.70. The number of hydrogen-bond acceptors (Lipinski definition) is 3. The number of aryl methyl sites for hydroxylation is 1. The number of nitrogens with two attached hydrogens (primary N) is 1. The number of nitrogens with zero attached hydrogens (tertiary/aromatic N) is 1. The lowest BCUT2D eigenvalue weighted by atomic mass is 10.1. The van der Waals surface area contributed by atoms with Gasteiger partial charge >= 0.3 is 0 Å². The molecule has 0 radical (unpaired) electrons. The molecule has 1 aromatic heterocycles. The van der Waals surface area contributed by atoms with Gasteiger partial charge in [-0.15, -0.1) is 0 Å². The molecule has 0 saturated heterocycles.